The van der Waals surface area contributed by atoms with Crippen LogP contribution in [0.4, 0.5) is 8.78 Å². The van der Waals surface area contributed by atoms with E-state index in [1.807, 2.05) is 13.8 Å². The minimum absolute atomic E-state index is 0.0168. The Balaban J connectivity index is 1.66. The van der Waals surface area contributed by atoms with Crippen LogP contribution < -0.4 is 9.47 Å². The third-order valence-electron chi connectivity index (χ3n) is 5.61. The van der Waals surface area contributed by atoms with Gasteiger partial charge in [0, 0.05) is 25.8 Å². The fraction of sp³-hybridized carbons (Fsp3) is 0.625. The van der Waals surface area contributed by atoms with E-state index in [0.29, 0.717) is 6.61 Å². The van der Waals surface area contributed by atoms with E-state index in [-0.39, 0.29) is 24.4 Å². The van der Waals surface area contributed by atoms with E-state index in [1.165, 1.54) is 17.4 Å². The molecule has 0 amide bonds. The molecule has 34 heavy (non-hydrogen) atoms. The molecule has 0 bridgehead atoms. The van der Waals surface area contributed by atoms with Gasteiger partial charge in [-0.25, -0.2) is 4.98 Å². The van der Waals surface area contributed by atoms with Crippen LogP contribution in [0.3, 0.4) is 0 Å². The van der Waals surface area contributed by atoms with Crippen LogP contribution in [-0.4, -0.2) is 39.2 Å². The molecule has 2 aromatic rings. The summed E-state index contributed by atoms with van der Waals surface area (Å²) in [6, 6.07) is 5.93. The lowest BCUT2D eigenvalue weighted by atomic mass is 9.96. The van der Waals surface area contributed by atoms with Crippen molar-refractivity contribution in [2.75, 3.05) is 13.4 Å². The van der Waals surface area contributed by atoms with Crippen LogP contribution in [0, 0.1) is 0 Å². The number of rotatable bonds is 13. The first kappa shape index (κ1) is 27.3. The molecule has 1 aliphatic carbocycles. The maximum atomic E-state index is 12.8. The van der Waals surface area contributed by atoms with Gasteiger partial charge in [-0.05, 0) is 56.9 Å². The zero-order valence-electron chi connectivity index (χ0n) is 20.4. The maximum Gasteiger partial charge on any atom is 0.387 e. The highest BCUT2D eigenvalue weighted by molar-refractivity contribution is 7.12. The second-order valence-corrected chi connectivity index (χ2v) is 17.3. The fourth-order valence-electron chi connectivity index (χ4n) is 3.17. The van der Waals surface area contributed by atoms with E-state index in [9.17, 15) is 8.78 Å². The summed E-state index contributed by atoms with van der Waals surface area (Å²) < 4.78 is 47.8. The van der Waals surface area contributed by atoms with Crippen molar-refractivity contribution in [3.8, 4) is 11.5 Å². The van der Waals surface area contributed by atoms with Crippen LogP contribution in [0.1, 0.15) is 53.9 Å². The summed E-state index contributed by atoms with van der Waals surface area (Å²) in [5, 5.41) is 0.268. The Hall–Kier alpha value is -1.26. The third-order valence-corrected chi connectivity index (χ3v) is 9.30. The van der Waals surface area contributed by atoms with E-state index < -0.39 is 25.7 Å². The Morgan fingerprint density at radius 1 is 1.21 bits per heavy atom. The Labute approximate surface area is 210 Å². The van der Waals surface area contributed by atoms with Gasteiger partial charge in [-0.2, -0.15) is 8.78 Å². The summed E-state index contributed by atoms with van der Waals surface area (Å²) in [6.45, 7) is 8.78. The number of hydrogen-bond acceptors (Lipinski definition) is 6. The van der Waals surface area contributed by atoms with E-state index in [0.717, 1.165) is 40.8 Å². The molecule has 10 heteroatoms. The molecule has 1 aromatic carbocycles. The molecule has 1 saturated carbocycles. The average molecular weight is 534 g/mol. The minimum atomic E-state index is -2.92. The highest BCUT2D eigenvalue weighted by Gasteiger charge is 2.28. The summed E-state index contributed by atoms with van der Waals surface area (Å²) in [4.78, 5) is 5.35. The van der Waals surface area contributed by atoms with Crippen molar-refractivity contribution in [1.29, 1.82) is 0 Å². The molecule has 0 saturated heterocycles. The summed E-state index contributed by atoms with van der Waals surface area (Å²) in [7, 11) is -1.14. The van der Waals surface area contributed by atoms with Crippen LogP contribution >= 0.6 is 22.9 Å². The third kappa shape index (κ3) is 7.88. The second-order valence-electron chi connectivity index (χ2n) is 10.2. The van der Waals surface area contributed by atoms with Gasteiger partial charge in [-0.3, -0.25) is 0 Å². The van der Waals surface area contributed by atoms with Crippen molar-refractivity contribution in [2.24, 2.45) is 0 Å². The summed E-state index contributed by atoms with van der Waals surface area (Å²) in [5.74, 6) is 0.306. The van der Waals surface area contributed by atoms with Gasteiger partial charge >= 0.3 is 6.61 Å². The molecular formula is C24H34ClF2NO4SSi. The molecule has 1 aliphatic rings. The average Bonchev–Trinajstić information content (AvgIpc) is 3.21. The Morgan fingerprint density at radius 3 is 2.56 bits per heavy atom. The van der Waals surface area contributed by atoms with Gasteiger partial charge in [0.15, 0.2) is 11.5 Å². The number of thiazole rings is 1. The number of benzene rings is 1. The predicted molar refractivity (Wildman–Crippen MR) is 134 cm³/mol. The molecule has 1 atom stereocenters. The summed E-state index contributed by atoms with van der Waals surface area (Å²) in [6.07, 6.45) is 4.61. The molecule has 190 valence electrons. The van der Waals surface area contributed by atoms with Crippen molar-refractivity contribution in [3.05, 3.63) is 39.8 Å². The smallest absolute Gasteiger partial charge is 0.387 e. The van der Waals surface area contributed by atoms with Gasteiger partial charge in [0.1, 0.15) is 17.4 Å². The van der Waals surface area contributed by atoms with Crippen molar-refractivity contribution in [3.63, 3.8) is 0 Å². The van der Waals surface area contributed by atoms with Crippen LogP contribution in [0.15, 0.2) is 24.4 Å². The Morgan fingerprint density at radius 2 is 1.94 bits per heavy atom. The van der Waals surface area contributed by atoms with Crippen molar-refractivity contribution >= 4 is 31.0 Å². The molecule has 1 fully saturated rings. The number of alkyl halides is 3. The lowest BCUT2D eigenvalue weighted by molar-refractivity contribution is -0.129. The summed E-state index contributed by atoms with van der Waals surface area (Å²) in [5.41, 5.74) is 0.0905. The van der Waals surface area contributed by atoms with Gasteiger partial charge in [0.05, 0.1) is 11.5 Å². The first-order chi connectivity index (χ1) is 15.9. The zero-order valence-corrected chi connectivity index (χ0v) is 23.0. The standard InChI is InChI=1S/C24H34ClF2NO4SSi/c1-24(2,30-15-29-11-12-34(3,4)5)22-28-14-20(33-22)21(25)16-9-10-18(32-23(26)27)19(13-16)31-17-7-6-8-17/h9-10,13-14,17,21,23H,6-8,11-12,15H2,1-5H3. The van der Waals surface area contributed by atoms with Crippen LogP contribution in [0.2, 0.25) is 25.7 Å². The van der Waals surface area contributed by atoms with E-state index >= 15 is 0 Å². The molecule has 1 aromatic heterocycles. The lowest BCUT2D eigenvalue weighted by Crippen LogP contribution is -2.25. The SMILES string of the molecule is CC(C)(OCOCC[Si](C)(C)C)c1ncc(C(Cl)c2ccc(OC(F)F)c(OC3CCC3)c2)s1. The number of ether oxygens (including phenoxy) is 4. The zero-order chi connectivity index (χ0) is 24.9. The second kappa shape index (κ2) is 11.6. The van der Waals surface area contributed by atoms with Crippen LogP contribution in [-0.2, 0) is 15.1 Å². The highest BCUT2D eigenvalue weighted by atomic mass is 35.5. The van der Waals surface area contributed by atoms with E-state index in [2.05, 4.69) is 29.4 Å². The van der Waals surface area contributed by atoms with Gasteiger partial charge in [0.25, 0.3) is 0 Å². The molecule has 0 spiro atoms. The number of aromatic nitrogens is 1. The molecule has 0 radical (unpaired) electrons. The van der Waals surface area contributed by atoms with E-state index in [1.54, 1.807) is 18.3 Å². The quantitative estimate of drug-likeness (QED) is 0.115. The van der Waals surface area contributed by atoms with Gasteiger partial charge in [0.2, 0.25) is 0 Å². The number of hydrogen-bond donors (Lipinski definition) is 0. The Kier molecular flexibility index (Phi) is 9.36. The Bertz CT molecular complexity index is 934. The molecule has 5 nitrogen and oxygen atoms in total. The number of halogens is 3. The van der Waals surface area contributed by atoms with Gasteiger partial charge in [-0.15, -0.1) is 22.9 Å². The van der Waals surface area contributed by atoms with Gasteiger partial charge < -0.3 is 18.9 Å². The van der Waals surface area contributed by atoms with Crippen molar-refractivity contribution in [2.45, 2.75) is 82.5 Å². The van der Waals surface area contributed by atoms with Crippen LogP contribution in [0.25, 0.3) is 0 Å². The lowest BCUT2D eigenvalue weighted by Gasteiger charge is -2.27. The fourth-order valence-corrected chi connectivity index (χ4v) is 5.23. The normalized spacial score (nSPS) is 15.9. The molecule has 1 heterocycles. The molecular weight excluding hydrogens is 500 g/mol. The first-order valence-electron chi connectivity index (χ1n) is 11.5. The van der Waals surface area contributed by atoms with Crippen molar-refractivity contribution in [1.82, 2.24) is 4.98 Å². The molecule has 0 aliphatic heterocycles. The van der Waals surface area contributed by atoms with Crippen LogP contribution in [0.5, 0.6) is 11.5 Å². The van der Waals surface area contributed by atoms with Crippen molar-refractivity contribution < 1.29 is 27.7 Å². The predicted octanol–water partition coefficient (Wildman–Crippen LogP) is 7.57. The van der Waals surface area contributed by atoms with Gasteiger partial charge in [-0.1, -0.05) is 25.7 Å². The molecule has 1 unspecified atom stereocenters. The first-order valence-corrected chi connectivity index (χ1v) is 16.5. The minimum Gasteiger partial charge on any atom is -0.487 e. The monoisotopic (exact) mass is 533 g/mol. The summed E-state index contributed by atoms with van der Waals surface area (Å²) >= 11 is 8.21. The van der Waals surface area contributed by atoms with E-state index in [4.69, 9.17) is 25.8 Å². The number of nitrogens with zero attached hydrogens (tertiary/aromatic N) is 1. The largest absolute Gasteiger partial charge is 0.487 e. The molecule has 0 N–H and O–H groups in total. The molecule has 3 rings (SSSR count). The topological polar surface area (TPSA) is 49.8 Å². The maximum absolute atomic E-state index is 12.8. The highest BCUT2D eigenvalue weighted by Crippen LogP contribution is 2.41.